The molecular weight excluding hydrogens is 468 g/mol. The van der Waals surface area contributed by atoms with Crippen molar-refractivity contribution in [1.29, 1.82) is 0 Å². The van der Waals surface area contributed by atoms with E-state index in [9.17, 15) is 4.79 Å². The van der Waals surface area contributed by atoms with Gasteiger partial charge in [0, 0.05) is 57.7 Å². The fraction of sp³-hybridized carbons (Fsp3) is 0.280. The van der Waals surface area contributed by atoms with E-state index >= 15 is 0 Å². The van der Waals surface area contributed by atoms with Crippen molar-refractivity contribution in [3.8, 4) is 0 Å². The van der Waals surface area contributed by atoms with Crippen LogP contribution in [0.4, 0.5) is 5.82 Å². The highest BCUT2D eigenvalue weighted by Crippen LogP contribution is 2.23. The van der Waals surface area contributed by atoms with E-state index in [0.717, 1.165) is 44.1 Å². The Hall–Kier alpha value is -2.94. The third-order valence-electron chi connectivity index (χ3n) is 5.38. The minimum Gasteiger partial charge on any atom is -0.354 e. The van der Waals surface area contributed by atoms with Crippen LogP contribution in [0, 0.1) is 0 Å². The van der Waals surface area contributed by atoms with Gasteiger partial charge in [-0.25, -0.2) is 9.97 Å². The number of aromatic nitrogens is 3. The summed E-state index contributed by atoms with van der Waals surface area (Å²) in [7, 11) is 0. The van der Waals surface area contributed by atoms with Crippen LogP contribution in [0.2, 0.25) is 5.15 Å². The van der Waals surface area contributed by atoms with Gasteiger partial charge in [-0.05, 0) is 17.2 Å². The second kappa shape index (κ2) is 12.5. The van der Waals surface area contributed by atoms with Gasteiger partial charge in [0.05, 0.1) is 5.75 Å². The molecule has 0 atom stereocenters. The SMILES string of the molecule is O=C(CSc1nc(Cl)cc(N2CCN(CC=Cc3ccccc3)CC2)n1)NCc1cccnc1. The molecule has 1 amide bonds. The molecule has 1 N–H and O–H groups in total. The zero-order chi connectivity index (χ0) is 23.6. The molecule has 4 rings (SSSR count). The number of benzene rings is 1. The molecule has 3 aromatic rings. The summed E-state index contributed by atoms with van der Waals surface area (Å²) < 4.78 is 0. The quantitative estimate of drug-likeness (QED) is 0.276. The number of amides is 1. The van der Waals surface area contributed by atoms with Crippen molar-refractivity contribution in [3.05, 3.63) is 83.3 Å². The van der Waals surface area contributed by atoms with Crippen molar-refractivity contribution in [3.63, 3.8) is 0 Å². The smallest absolute Gasteiger partial charge is 0.230 e. The first kappa shape index (κ1) is 24.2. The Bertz CT molecular complexity index is 1090. The number of pyridine rings is 1. The van der Waals surface area contributed by atoms with Crippen LogP contribution in [-0.4, -0.2) is 64.2 Å². The Balaban J connectivity index is 1.24. The predicted molar refractivity (Wildman–Crippen MR) is 138 cm³/mol. The second-order valence-electron chi connectivity index (χ2n) is 7.86. The number of nitrogens with one attached hydrogen (secondary N) is 1. The lowest BCUT2D eigenvalue weighted by Gasteiger charge is -2.35. The van der Waals surface area contributed by atoms with E-state index in [1.807, 2.05) is 30.3 Å². The highest BCUT2D eigenvalue weighted by Gasteiger charge is 2.19. The minimum absolute atomic E-state index is 0.0869. The summed E-state index contributed by atoms with van der Waals surface area (Å²) in [6.07, 6.45) is 7.81. The van der Waals surface area contributed by atoms with E-state index < -0.39 is 0 Å². The highest BCUT2D eigenvalue weighted by molar-refractivity contribution is 7.99. The van der Waals surface area contributed by atoms with Crippen LogP contribution in [0.3, 0.4) is 0 Å². The molecule has 1 aliphatic rings. The fourth-order valence-corrected chi connectivity index (χ4v) is 4.47. The molecule has 2 aromatic heterocycles. The molecule has 1 saturated heterocycles. The lowest BCUT2D eigenvalue weighted by molar-refractivity contribution is -0.118. The average molecular weight is 495 g/mol. The molecule has 0 radical (unpaired) electrons. The molecule has 34 heavy (non-hydrogen) atoms. The number of carbonyl (C=O) groups is 1. The van der Waals surface area contributed by atoms with Crippen LogP contribution in [0.5, 0.6) is 0 Å². The molecule has 0 saturated carbocycles. The molecule has 0 spiro atoms. The van der Waals surface area contributed by atoms with Gasteiger partial charge in [0.15, 0.2) is 5.16 Å². The van der Waals surface area contributed by atoms with Gasteiger partial charge < -0.3 is 10.2 Å². The van der Waals surface area contributed by atoms with E-state index in [4.69, 9.17) is 11.6 Å². The summed E-state index contributed by atoms with van der Waals surface area (Å²) in [5, 5.41) is 3.78. The Labute approximate surface area is 209 Å². The average Bonchev–Trinajstić information content (AvgIpc) is 2.87. The summed E-state index contributed by atoms with van der Waals surface area (Å²) in [6, 6.07) is 15.9. The summed E-state index contributed by atoms with van der Waals surface area (Å²) in [4.78, 5) is 29.8. The van der Waals surface area contributed by atoms with Gasteiger partial charge in [0.1, 0.15) is 11.0 Å². The van der Waals surface area contributed by atoms with E-state index in [1.165, 1.54) is 17.3 Å². The molecular formula is C25H27ClN6OS. The molecule has 3 heterocycles. The number of anilines is 1. The van der Waals surface area contributed by atoms with Crippen molar-refractivity contribution in [2.75, 3.05) is 43.4 Å². The van der Waals surface area contributed by atoms with Gasteiger partial charge >= 0.3 is 0 Å². The van der Waals surface area contributed by atoms with Crippen molar-refractivity contribution in [1.82, 2.24) is 25.2 Å². The van der Waals surface area contributed by atoms with Crippen molar-refractivity contribution in [2.24, 2.45) is 0 Å². The molecule has 0 aliphatic carbocycles. The normalized spacial score (nSPS) is 14.4. The maximum absolute atomic E-state index is 12.2. The van der Waals surface area contributed by atoms with Crippen molar-refractivity contribution >= 4 is 41.2 Å². The number of nitrogens with zero attached hydrogens (tertiary/aromatic N) is 5. The van der Waals surface area contributed by atoms with Gasteiger partial charge in [-0.3, -0.25) is 14.7 Å². The molecule has 1 aromatic carbocycles. The Morgan fingerprint density at radius 1 is 1.09 bits per heavy atom. The maximum Gasteiger partial charge on any atom is 0.230 e. The molecule has 0 bridgehead atoms. The van der Waals surface area contributed by atoms with Gasteiger partial charge in [-0.2, -0.15) is 0 Å². The predicted octanol–water partition coefficient (Wildman–Crippen LogP) is 3.77. The molecule has 176 valence electrons. The van der Waals surface area contributed by atoms with E-state index in [1.54, 1.807) is 18.5 Å². The first-order valence-corrected chi connectivity index (χ1v) is 12.5. The fourth-order valence-electron chi connectivity index (χ4n) is 3.56. The third-order valence-corrected chi connectivity index (χ3v) is 6.42. The number of hydrogen-bond acceptors (Lipinski definition) is 7. The van der Waals surface area contributed by atoms with Gasteiger partial charge in [0.2, 0.25) is 5.91 Å². The van der Waals surface area contributed by atoms with Crippen LogP contribution < -0.4 is 10.2 Å². The molecule has 1 fully saturated rings. The maximum atomic E-state index is 12.2. The number of piperazine rings is 1. The lowest BCUT2D eigenvalue weighted by Crippen LogP contribution is -2.46. The topological polar surface area (TPSA) is 74.2 Å². The summed E-state index contributed by atoms with van der Waals surface area (Å²) in [5.41, 5.74) is 2.17. The van der Waals surface area contributed by atoms with Crippen molar-refractivity contribution < 1.29 is 4.79 Å². The number of carbonyl (C=O) groups excluding carboxylic acids is 1. The summed E-state index contributed by atoms with van der Waals surface area (Å²) in [6.45, 7) is 4.98. The number of hydrogen-bond donors (Lipinski definition) is 1. The third kappa shape index (κ3) is 7.55. The molecule has 1 aliphatic heterocycles. The monoisotopic (exact) mass is 494 g/mol. The van der Waals surface area contributed by atoms with E-state index in [0.29, 0.717) is 16.9 Å². The van der Waals surface area contributed by atoms with Gasteiger partial charge in [-0.15, -0.1) is 0 Å². The zero-order valence-corrected chi connectivity index (χ0v) is 20.4. The number of halogens is 1. The largest absolute Gasteiger partial charge is 0.354 e. The standard InChI is InChI=1S/C25H27ClN6OS/c26-22-16-23(30-25(29-22)34-19-24(33)28-18-21-8-4-10-27-17-21)32-14-12-31(13-15-32)11-5-9-20-6-2-1-3-7-20/h1-10,16-17H,11-15,18-19H2,(H,28,33). The van der Waals surface area contributed by atoms with Crippen LogP contribution in [0.1, 0.15) is 11.1 Å². The molecule has 9 heteroatoms. The summed E-state index contributed by atoms with van der Waals surface area (Å²) in [5.74, 6) is 0.940. The van der Waals surface area contributed by atoms with Crippen LogP contribution in [0.15, 0.2) is 72.2 Å². The lowest BCUT2D eigenvalue weighted by atomic mass is 10.2. The number of thioether (sulfide) groups is 1. The Morgan fingerprint density at radius 3 is 2.68 bits per heavy atom. The van der Waals surface area contributed by atoms with Gasteiger partial charge in [0.25, 0.3) is 0 Å². The highest BCUT2D eigenvalue weighted by atomic mass is 35.5. The Morgan fingerprint density at radius 2 is 1.91 bits per heavy atom. The van der Waals surface area contributed by atoms with Crippen molar-refractivity contribution in [2.45, 2.75) is 11.7 Å². The molecule has 0 unspecified atom stereocenters. The molecule has 7 nitrogen and oxygen atoms in total. The van der Waals surface area contributed by atoms with Crippen LogP contribution >= 0.6 is 23.4 Å². The van der Waals surface area contributed by atoms with Crippen LogP contribution in [0.25, 0.3) is 6.08 Å². The van der Waals surface area contributed by atoms with Gasteiger partial charge in [-0.1, -0.05) is 71.9 Å². The number of rotatable bonds is 9. The second-order valence-corrected chi connectivity index (χ2v) is 9.19. The van der Waals surface area contributed by atoms with Crippen LogP contribution in [-0.2, 0) is 11.3 Å². The zero-order valence-electron chi connectivity index (χ0n) is 18.8. The van der Waals surface area contributed by atoms with E-state index in [-0.39, 0.29) is 11.7 Å². The first-order valence-electron chi connectivity index (χ1n) is 11.2. The Kier molecular flexibility index (Phi) is 8.90. The van der Waals surface area contributed by atoms with E-state index in [2.05, 4.69) is 54.4 Å². The first-order chi connectivity index (χ1) is 16.7. The minimum atomic E-state index is -0.0869. The summed E-state index contributed by atoms with van der Waals surface area (Å²) >= 11 is 7.55.